The first-order chi connectivity index (χ1) is 9.08. The summed E-state index contributed by atoms with van der Waals surface area (Å²) >= 11 is 0. The van der Waals surface area contributed by atoms with Crippen LogP contribution in [0.3, 0.4) is 0 Å². The number of rotatable bonds is 6. The Kier molecular flexibility index (Phi) is 4.56. The molecule has 3 N–H and O–H groups in total. The molecule has 2 aromatic rings. The Balaban J connectivity index is 1.93. The third-order valence-corrected chi connectivity index (χ3v) is 3.34. The van der Waals surface area contributed by atoms with Crippen molar-refractivity contribution in [2.24, 2.45) is 18.7 Å². The highest BCUT2D eigenvalue weighted by atomic mass is 15.1. The molecule has 19 heavy (non-hydrogen) atoms. The number of hydrogen-bond acceptors (Lipinski definition) is 3. The molecule has 0 amide bonds. The van der Waals surface area contributed by atoms with Gasteiger partial charge in [-0.1, -0.05) is 26.0 Å². The van der Waals surface area contributed by atoms with Gasteiger partial charge in [-0.25, -0.2) is 4.98 Å². The minimum Gasteiger partial charge on any atom is -0.330 e. The van der Waals surface area contributed by atoms with E-state index in [-0.39, 0.29) is 6.04 Å². The van der Waals surface area contributed by atoms with Crippen LogP contribution in [0.15, 0.2) is 24.3 Å². The summed E-state index contributed by atoms with van der Waals surface area (Å²) in [4.78, 5) is 4.63. The van der Waals surface area contributed by atoms with Crippen molar-refractivity contribution in [2.45, 2.75) is 32.9 Å². The molecule has 1 aromatic heterocycles. The molecule has 0 spiro atoms. The van der Waals surface area contributed by atoms with Gasteiger partial charge in [0.15, 0.2) is 0 Å². The van der Waals surface area contributed by atoms with Gasteiger partial charge in [0.1, 0.15) is 5.82 Å². The molecular weight excluding hydrogens is 236 g/mol. The second-order valence-electron chi connectivity index (χ2n) is 5.60. The molecule has 2 rings (SSSR count). The van der Waals surface area contributed by atoms with Crippen LogP contribution in [0.2, 0.25) is 0 Å². The van der Waals surface area contributed by atoms with E-state index in [1.807, 2.05) is 18.2 Å². The molecule has 0 aliphatic rings. The van der Waals surface area contributed by atoms with E-state index in [9.17, 15) is 0 Å². The lowest BCUT2D eigenvalue weighted by atomic mass is 10.0. The Morgan fingerprint density at radius 1 is 1.32 bits per heavy atom. The monoisotopic (exact) mass is 260 g/mol. The van der Waals surface area contributed by atoms with Gasteiger partial charge in [-0.3, -0.25) is 0 Å². The quantitative estimate of drug-likeness (QED) is 0.835. The van der Waals surface area contributed by atoms with E-state index in [1.54, 1.807) is 0 Å². The number of imidazole rings is 1. The maximum atomic E-state index is 6.06. The van der Waals surface area contributed by atoms with E-state index in [4.69, 9.17) is 5.73 Å². The first kappa shape index (κ1) is 14.0. The van der Waals surface area contributed by atoms with Crippen LogP contribution >= 0.6 is 0 Å². The zero-order valence-electron chi connectivity index (χ0n) is 12.1. The Labute approximate surface area is 115 Å². The number of aryl methyl sites for hydroxylation is 1. The Morgan fingerprint density at radius 2 is 2.05 bits per heavy atom. The second-order valence-corrected chi connectivity index (χ2v) is 5.60. The Hall–Kier alpha value is -1.39. The zero-order chi connectivity index (χ0) is 13.8. The van der Waals surface area contributed by atoms with Crippen LogP contribution in [0.4, 0.5) is 0 Å². The molecule has 0 aliphatic heterocycles. The van der Waals surface area contributed by atoms with Crippen molar-refractivity contribution in [3.8, 4) is 0 Å². The Morgan fingerprint density at radius 3 is 2.74 bits per heavy atom. The van der Waals surface area contributed by atoms with Gasteiger partial charge in [0.25, 0.3) is 0 Å². The summed E-state index contributed by atoms with van der Waals surface area (Å²) in [5.74, 6) is 1.70. The van der Waals surface area contributed by atoms with Gasteiger partial charge in [0.2, 0.25) is 0 Å². The average molecular weight is 260 g/mol. The highest BCUT2D eigenvalue weighted by Crippen LogP contribution is 2.13. The molecule has 1 atom stereocenters. The smallest absolute Gasteiger partial charge is 0.123 e. The minimum atomic E-state index is 0.217. The van der Waals surface area contributed by atoms with Gasteiger partial charge in [0, 0.05) is 19.6 Å². The topological polar surface area (TPSA) is 55.9 Å². The van der Waals surface area contributed by atoms with Gasteiger partial charge >= 0.3 is 0 Å². The van der Waals surface area contributed by atoms with Crippen molar-refractivity contribution in [1.82, 2.24) is 14.9 Å². The molecule has 1 aromatic carbocycles. The van der Waals surface area contributed by atoms with Crippen LogP contribution in [-0.2, 0) is 13.6 Å². The molecule has 0 aliphatic carbocycles. The lowest BCUT2D eigenvalue weighted by Crippen LogP contribution is -2.35. The van der Waals surface area contributed by atoms with E-state index in [0.717, 1.165) is 30.9 Å². The van der Waals surface area contributed by atoms with Gasteiger partial charge in [0.05, 0.1) is 17.6 Å². The summed E-state index contributed by atoms with van der Waals surface area (Å²) in [7, 11) is 2.06. The maximum Gasteiger partial charge on any atom is 0.123 e. The Bertz CT molecular complexity index is 530. The number of benzene rings is 1. The van der Waals surface area contributed by atoms with Crippen molar-refractivity contribution >= 4 is 11.0 Å². The molecule has 0 saturated heterocycles. The predicted molar refractivity (Wildman–Crippen MR) is 79.9 cm³/mol. The van der Waals surface area contributed by atoms with E-state index in [0.29, 0.717) is 5.92 Å². The fourth-order valence-corrected chi connectivity index (χ4v) is 2.41. The molecular formula is C15H24N4. The molecule has 0 radical (unpaired) electrons. The van der Waals surface area contributed by atoms with Crippen molar-refractivity contribution in [3.05, 3.63) is 30.1 Å². The number of nitrogens with one attached hydrogen (secondary N) is 1. The minimum absolute atomic E-state index is 0.217. The van der Waals surface area contributed by atoms with Crippen LogP contribution in [0.25, 0.3) is 11.0 Å². The van der Waals surface area contributed by atoms with Gasteiger partial charge in [-0.15, -0.1) is 0 Å². The molecule has 4 nitrogen and oxygen atoms in total. The molecule has 104 valence electrons. The summed E-state index contributed by atoms with van der Waals surface area (Å²) in [5, 5.41) is 3.40. The van der Waals surface area contributed by atoms with Crippen LogP contribution in [-0.4, -0.2) is 22.1 Å². The summed E-state index contributed by atoms with van der Waals surface area (Å²) in [6.45, 7) is 6.00. The SMILES string of the molecule is CC(C)CC(N)CNCc1nc2ccccc2n1C. The largest absolute Gasteiger partial charge is 0.330 e. The number of nitrogens with two attached hydrogens (primary N) is 1. The van der Waals surface area contributed by atoms with Crippen molar-refractivity contribution in [2.75, 3.05) is 6.54 Å². The second kappa shape index (κ2) is 6.17. The first-order valence-electron chi connectivity index (χ1n) is 6.94. The van der Waals surface area contributed by atoms with Crippen LogP contribution in [0.5, 0.6) is 0 Å². The maximum absolute atomic E-state index is 6.06. The summed E-state index contributed by atoms with van der Waals surface area (Å²) < 4.78 is 2.14. The summed E-state index contributed by atoms with van der Waals surface area (Å²) in [5.41, 5.74) is 8.28. The van der Waals surface area contributed by atoms with E-state index in [2.05, 4.69) is 41.8 Å². The molecule has 4 heteroatoms. The highest BCUT2D eigenvalue weighted by Gasteiger charge is 2.08. The number of para-hydroxylation sites is 2. The summed E-state index contributed by atoms with van der Waals surface area (Å²) in [6, 6.07) is 8.42. The number of fused-ring (bicyclic) bond motifs is 1. The van der Waals surface area contributed by atoms with E-state index in [1.165, 1.54) is 5.52 Å². The fraction of sp³-hybridized carbons (Fsp3) is 0.533. The van der Waals surface area contributed by atoms with Crippen molar-refractivity contribution < 1.29 is 0 Å². The zero-order valence-corrected chi connectivity index (χ0v) is 12.1. The van der Waals surface area contributed by atoms with Gasteiger partial charge in [-0.05, 0) is 24.5 Å². The van der Waals surface area contributed by atoms with Crippen LogP contribution < -0.4 is 11.1 Å². The molecule has 1 heterocycles. The number of nitrogens with zero attached hydrogens (tertiary/aromatic N) is 2. The molecule has 0 saturated carbocycles. The molecule has 1 unspecified atom stereocenters. The molecule has 0 bridgehead atoms. The third kappa shape index (κ3) is 3.55. The molecule has 0 fully saturated rings. The van der Waals surface area contributed by atoms with E-state index < -0.39 is 0 Å². The lowest BCUT2D eigenvalue weighted by molar-refractivity contribution is 0.463. The third-order valence-electron chi connectivity index (χ3n) is 3.34. The first-order valence-corrected chi connectivity index (χ1v) is 6.94. The van der Waals surface area contributed by atoms with Crippen molar-refractivity contribution in [3.63, 3.8) is 0 Å². The standard InChI is InChI=1S/C15H24N4/c1-11(2)8-12(16)9-17-10-15-18-13-6-4-5-7-14(13)19(15)3/h4-7,11-12,17H,8-10,16H2,1-3H3. The normalized spacial score (nSPS) is 13.3. The van der Waals surface area contributed by atoms with E-state index >= 15 is 0 Å². The van der Waals surface area contributed by atoms with Gasteiger partial charge < -0.3 is 15.6 Å². The fourth-order valence-electron chi connectivity index (χ4n) is 2.41. The predicted octanol–water partition coefficient (Wildman–Crippen LogP) is 2.04. The average Bonchev–Trinajstić information content (AvgIpc) is 2.66. The number of hydrogen-bond donors (Lipinski definition) is 2. The summed E-state index contributed by atoms with van der Waals surface area (Å²) in [6.07, 6.45) is 1.05. The van der Waals surface area contributed by atoms with Crippen LogP contribution in [0, 0.1) is 5.92 Å². The number of aromatic nitrogens is 2. The van der Waals surface area contributed by atoms with Crippen LogP contribution in [0.1, 0.15) is 26.1 Å². The van der Waals surface area contributed by atoms with Gasteiger partial charge in [-0.2, -0.15) is 0 Å². The van der Waals surface area contributed by atoms with Crippen molar-refractivity contribution in [1.29, 1.82) is 0 Å². The highest BCUT2D eigenvalue weighted by molar-refractivity contribution is 5.75. The lowest BCUT2D eigenvalue weighted by Gasteiger charge is -2.14.